The van der Waals surface area contributed by atoms with Crippen LogP contribution in [0.1, 0.15) is 49.3 Å². The summed E-state index contributed by atoms with van der Waals surface area (Å²) in [6, 6.07) is 9.27. The summed E-state index contributed by atoms with van der Waals surface area (Å²) in [5, 5.41) is 0. The number of nitrogens with zero attached hydrogens (tertiary/aromatic N) is 3. The summed E-state index contributed by atoms with van der Waals surface area (Å²) in [6.45, 7) is 3.90. The van der Waals surface area contributed by atoms with E-state index in [9.17, 15) is 4.39 Å². The first-order valence-electron chi connectivity index (χ1n) is 8.06. The molecule has 0 amide bonds. The van der Waals surface area contributed by atoms with Gasteiger partial charge < -0.3 is 0 Å². The number of aryl methyl sites for hydroxylation is 1. The molecule has 0 N–H and O–H groups in total. The molecule has 4 heteroatoms. The maximum Gasteiger partial charge on any atom is 0.128 e. The molecule has 3 nitrogen and oxygen atoms in total. The molecule has 0 bridgehead atoms. The minimum absolute atomic E-state index is 0.154. The van der Waals surface area contributed by atoms with Crippen LogP contribution in [0.3, 0.4) is 0 Å². The zero-order valence-electron chi connectivity index (χ0n) is 13.0. The summed E-state index contributed by atoms with van der Waals surface area (Å²) >= 11 is 0. The maximum absolute atomic E-state index is 13.5. The number of piperidine rings is 1. The molecule has 1 fully saturated rings. The van der Waals surface area contributed by atoms with Crippen LogP contribution in [0.25, 0.3) is 0 Å². The number of hydrogen-bond donors (Lipinski definition) is 0. The molecule has 2 heterocycles. The molecular formula is C18H22FN3. The van der Waals surface area contributed by atoms with Gasteiger partial charge in [-0.15, -0.1) is 0 Å². The Morgan fingerprint density at radius 2 is 2.18 bits per heavy atom. The van der Waals surface area contributed by atoms with Crippen LogP contribution in [0.2, 0.25) is 0 Å². The van der Waals surface area contributed by atoms with Crippen LogP contribution < -0.4 is 0 Å². The maximum atomic E-state index is 13.5. The first kappa shape index (κ1) is 15.1. The third-order valence-corrected chi connectivity index (χ3v) is 4.29. The third kappa shape index (κ3) is 3.50. The molecule has 0 saturated carbocycles. The molecule has 22 heavy (non-hydrogen) atoms. The number of likely N-dealkylation sites (tertiary alicyclic amines) is 1. The van der Waals surface area contributed by atoms with Crippen molar-refractivity contribution in [2.45, 2.75) is 45.2 Å². The van der Waals surface area contributed by atoms with Crippen molar-refractivity contribution in [2.24, 2.45) is 0 Å². The van der Waals surface area contributed by atoms with Crippen LogP contribution in [-0.4, -0.2) is 21.4 Å². The Hall–Kier alpha value is -1.81. The Bertz CT molecular complexity index is 629. The van der Waals surface area contributed by atoms with Gasteiger partial charge in [-0.2, -0.15) is 0 Å². The molecule has 1 aliphatic heterocycles. The monoisotopic (exact) mass is 299 g/mol. The van der Waals surface area contributed by atoms with Crippen molar-refractivity contribution in [3.8, 4) is 0 Å². The van der Waals surface area contributed by atoms with Gasteiger partial charge in [-0.3, -0.25) is 4.90 Å². The van der Waals surface area contributed by atoms with E-state index in [1.165, 1.54) is 18.9 Å². The largest absolute Gasteiger partial charge is 0.291 e. The van der Waals surface area contributed by atoms with Crippen molar-refractivity contribution in [2.75, 3.05) is 6.54 Å². The molecule has 0 spiro atoms. The molecule has 2 aromatic rings. The second-order valence-corrected chi connectivity index (χ2v) is 5.85. The molecule has 3 rings (SSSR count). The van der Waals surface area contributed by atoms with Gasteiger partial charge in [-0.1, -0.05) is 25.5 Å². The van der Waals surface area contributed by atoms with Crippen LogP contribution in [-0.2, 0) is 13.0 Å². The molecule has 116 valence electrons. The highest BCUT2D eigenvalue weighted by molar-refractivity contribution is 5.21. The van der Waals surface area contributed by atoms with E-state index in [0.29, 0.717) is 0 Å². The van der Waals surface area contributed by atoms with Crippen LogP contribution in [0, 0.1) is 5.82 Å². The van der Waals surface area contributed by atoms with E-state index in [1.54, 1.807) is 12.1 Å². The van der Waals surface area contributed by atoms with E-state index in [4.69, 9.17) is 0 Å². The first-order valence-corrected chi connectivity index (χ1v) is 8.06. The molecule has 0 unspecified atom stereocenters. The van der Waals surface area contributed by atoms with Crippen LogP contribution in [0.15, 0.2) is 36.5 Å². The highest BCUT2D eigenvalue weighted by Crippen LogP contribution is 2.32. The minimum Gasteiger partial charge on any atom is -0.291 e. The van der Waals surface area contributed by atoms with Gasteiger partial charge in [0.2, 0.25) is 0 Å². The van der Waals surface area contributed by atoms with Crippen molar-refractivity contribution in [1.29, 1.82) is 0 Å². The van der Waals surface area contributed by atoms with Gasteiger partial charge in [-0.05, 0) is 43.1 Å². The fourth-order valence-electron chi connectivity index (χ4n) is 3.18. The van der Waals surface area contributed by atoms with Gasteiger partial charge in [0.05, 0.1) is 5.69 Å². The van der Waals surface area contributed by atoms with Crippen molar-refractivity contribution in [1.82, 2.24) is 14.9 Å². The molecule has 1 aromatic carbocycles. The molecule has 1 aromatic heterocycles. The van der Waals surface area contributed by atoms with E-state index < -0.39 is 0 Å². The number of hydrogen-bond acceptors (Lipinski definition) is 3. The van der Waals surface area contributed by atoms with Crippen molar-refractivity contribution in [3.05, 3.63) is 59.4 Å². The lowest BCUT2D eigenvalue weighted by atomic mass is 9.95. The lowest BCUT2D eigenvalue weighted by molar-refractivity contribution is 0.138. The van der Waals surface area contributed by atoms with E-state index in [0.717, 1.165) is 43.0 Å². The Kier molecular flexibility index (Phi) is 4.78. The first-order chi connectivity index (χ1) is 10.8. The van der Waals surface area contributed by atoms with Gasteiger partial charge >= 0.3 is 0 Å². The van der Waals surface area contributed by atoms with Gasteiger partial charge in [0.15, 0.2) is 0 Å². The predicted octanol–water partition coefficient (Wildman–Crippen LogP) is 3.91. The Morgan fingerprint density at radius 3 is 3.00 bits per heavy atom. The highest BCUT2D eigenvalue weighted by Gasteiger charge is 2.24. The Balaban J connectivity index is 1.80. The Morgan fingerprint density at radius 1 is 1.27 bits per heavy atom. The summed E-state index contributed by atoms with van der Waals surface area (Å²) in [5.74, 6) is 0.732. The number of benzene rings is 1. The summed E-state index contributed by atoms with van der Waals surface area (Å²) in [6.07, 6.45) is 6.15. The lowest BCUT2D eigenvalue weighted by Gasteiger charge is -2.35. The SMILES string of the molecule is CCc1nccc(CN2CCCC[C@@H]2c2cccc(F)c2)n1. The smallest absolute Gasteiger partial charge is 0.128 e. The zero-order chi connectivity index (χ0) is 15.4. The minimum atomic E-state index is -0.154. The van der Waals surface area contributed by atoms with Crippen molar-refractivity contribution < 1.29 is 4.39 Å². The molecule has 0 aliphatic carbocycles. The number of aromatic nitrogens is 2. The van der Waals surface area contributed by atoms with Crippen molar-refractivity contribution in [3.63, 3.8) is 0 Å². The second kappa shape index (κ2) is 6.97. The van der Waals surface area contributed by atoms with Gasteiger partial charge in [0, 0.05) is 25.2 Å². The standard InChI is InChI=1S/C18H22FN3/c1-2-18-20-10-9-16(21-18)13-22-11-4-3-8-17(22)14-6-5-7-15(19)12-14/h5-7,9-10,12,17H,2-4,8,11,13H2,1H3/t17-/m1/s1. The molecular weight excluding hydrogens is 277 g/mol. The average molecular weight is 299 g/mol. The fraction of sp³-hybridized carbons (Fsp3) is 0.444. The highest BCUT2D eigenvalue weighted by atomic mass is 19.1. The number of halogens is 1. The fourth-order valence-corrected chi connectivity index (χ4v) is 3.18. The number of rotatable bonds is 4. The average Bonchev–Trinajstić information content (AvgIpc) is 2.55. The second-order valence-electron chi connectivity index (χ2n) is 5.85. The van der Waals surface area contributed by atoms with E-state index in [1.807, 2.05) is 18.3 Å². The normalized spacial score (nSPS) is 19.3. The summed E-state index contributed by atoms with van der Waals surface area (Å²) in [4.78, 5) is 11.3. The van der Waals surface area contributed by atoms with Gasteiger partial charge in [-0.25, -0.2) is 14.4 Å². The third-order valence-electron chi connectivity index (χ3n) is 4.29. The summed E-state index contributed by atoms with van der Waals surface area (Å²) in [7, 11) is 0. The van der Waals surface area contributed by atoms with Crippen LogP contribution in [0.5, 0.6) is 0 Å². The van der Waals surface area contributed by atoms with Crippen LogP contribution >= 0.6 is 0 Å². The van der Waals surface area contributed by atoms with Crippen molar-refractivity contribution >= 4 is 0 Å². The summed E-state index contributed by atoms with van der Waals surface area (Å²) in [5.41, 5.74) is 2.12. The predicted molar refractivity (Wildman–Crippen MR) is 84.8 cm³/mol. The van der Waals surface area contributed by atoms with E-state index in [2.05, 4.69) is 21.8 Å². The van der Waals surface area contributed by atoms with Gasteiger partial charge in [0.1, 0.15) is 11.6 Å². The quantitative estimate of drug-likeness (QED) is 0.857. The van der Waals surface area contributed by atoms with Gasteiger partial charge in [0.25, 0.3) is 0 Å². The molecule has 0 radical (unpaired) electrons. The topological polar surface area (TPSA) is 29.0 Å². The van der Waals surface area contributed by atoms with Crippen LogP contribution in [0.4, 0.5) is 4.39 Å². The van der Waals surface area contributed by atoms with E-state index >= 15 is 0 Å². The van der Waals surface area contributed by atoms with E-state index in [-0.39, 0.29) is 11.9 Å². The lowest BCUT2D eigenvalue weighted by Crippen LogP contribution is -2.33. The molecule has 1 atom stereocenters. The molecule has 1 saturated heterocycles. The zero-order valence-corrected chi connectivity index (χ0v) is 13.0. The Labute approximate surface area is 131 Å². The summed E-state index contributed by atoms with van der Waals surface area (Å²) < 4.78 is 13.5. The molecule has 1 aliphatic rings.